The maximum atomic E-state index is 12.8. The molecule has 0 atom stereocenters. The second kappa shape index (κ2) is 6.87. The number of aryl methyl sites for hydroxylation is 1. The monoisotopic (exact) mass is 316 g/mol. The van der Waals surface area contributed by atoms with Crippen molar-refractivity contribution in [3.8, 4) is 0 Å². The van der Waals surface area contributed by atoms with Gasteiger partial charge in [0.1, 0.15) is 4.90 Å². The fourth-order valence-corrected chi connectivity index (χ4v) is 4.58. The van der Waals surface area contributed by atoms with Crippen LogP contribution in [0.1, 0.15) is 24.2 Å². The van der Waals surface area contributed by atoms with Crippen molar-refractivity contribution in [3.05, 3.63) is 11.4 Å². The molecule has 0 spiro atoms. The lowest BCUT2D eigenvalue weighted by Crippen LogP contribution is -2.39. The number of piperidine rings is 1. The van der Waals surface area contributed by atoms with Crippen LogP contribution in [0.4, 0.5) is 0 Å². The van der Waals surface area contributed by atoms with Crippen LogP contribution in [0.5, 0.6) is 0 Å². The summed E-state index contributed by atoms with van der Waals surface area (Å²) in [6.07, 6.45) is 1.68. The van der Waals surface area contributed by atoms with E-state index in [2.05, 4.69) is 15.5 Å². The zero-order chi connectivity index (χ0) is 15.5. The molecule has 0 radical (unpaired) electrons. The van der Waals surface area contributed by atoms with Crippen LogP contribution in [-0.4, -0.2) is 56.8 Å². The van der Waals surface area contributed by atoms with Crippen molar-refractivity contribution in [1.29, 1.82) is 0 Å². The summed E-state index contributed by atoms with van der Waals surface area (Å²) in [5, 5.41) is 9.83. The number of H-pyrrole nitrogens is 1. The van der Waals surface area contributed by atoms with Crippen molar-refractivity contribution in [3.63, 3.8) is 0 Å². The van der Waals surface area contributed by atoms with E-state index in [4.69, 9.17) is 4.74 Å². The number of rotatable bonds is 6. The fourth-order valence-electron chi connectivity index (χ4n) is 2.78. The van der Waals surface area contributed by atoms with Crippen LogP contribution in [0, 0.1) is 12.8 Å². The lowest BCUT2D eigenvalue weighted by atomic mass is 9.99. The van der Waals surface area contributed by atoms with Gasteiger partial charge >= 0.3 is 0 Å². The van der Waals surface area contributed by atoms with Crippen molar-refractivity contribution in [1.82, 2.24) is 19.8 Å². The Labute approximate surface area is 126 Å². The van der Waals surface area contributed by atoms with Gasteiger partial charge in [-0.3, -0.25) is 5.10 Å². The molecular formula is C13H24N4O3S. The lowest BCUT2D eigenvalue weighted by Gasteiger charge is -2.30. The van der Waals surface area contributed by atoms with Gasteiger partial charge < -0.3 is 10.1 Å². The van der Waals surface area contributed by atoms with Gasteiger partial charge in [0.15, 0.2) is 0 Å². The summed E-state index contributed by atoms with van der Waals surface area (Å²) < 4.78 is 32.4. The van der Waals surface area contributed by atoms with Crippen molar-refractivity contribution in [2.24, 2.45) is 5.92 Å². The first-order valence-corrected chi connectivity index (χ1v) is 8.62. The quantitative estimate of drug-likeness (QED) is 0.797. The molecule has 1 aliphatic heterocycles. The molecule has 21 heavy (non-hydrogen) atoms. The Bertz CT molecular complexity index is 562. The molecule has 1 fully saturated rings. The Morgan fingerprint density at radius 2 is 2.10 bits per heavy atom. The molecule has 0 aliphatic carbocycles. The predicted octanol–water partition coefficient (Wildman–Crippen LogP) is 0.485. The number of nitrogens with one attached hydrogen (secondary N) is 2. The van der Waals surface area contributed by atoms with E-state index in [0.29, 0.717) is 48.4 Å². The summed E-state index contributed by atoms with van der Waals surface area (Å²) in [5.74, 6) is 0.448. The van der Waals surface area contributed by atoms with E-state index in [1.165, 1.54) is 0 Å². The normalized spacial score (nSPS) is 18.2. The molecule has 0 unspecified atom stereocenters. The Morgan fingerprint density at radius 1 is 1.43 bits per heavy atom. The molecule has 0 aromatic carbocycles. The number of ether oxygens (including phenoxy) is 1. The molecule has 8 heteroatoms. The average Bonchev–Trinajstić information content (AvgIpc) is 2.82. The number of hydrogen-bond donors (Lipinski definition) is 2. The van der Waals surface area contributed by atoms with E-state index in [1.54, 1.807) is 25.4 Å². The van der Waals surface area contributed by atoms with E-state index < -0.39 is 10.0 Å². The molecule has 7 nitrogen and oxygen atoms in total. The minimum absolute atomic E-state index is 0.321. The third kappa shape index (κ3) is 3.45. The Balaban J connectivity index is 2.18. The number of nitrogens with zero attached hydrogens (tertiary/aromatic N) is 2. The lowest BCUT2D eigenvalue weighted by molar-refractivity contribution is 0.121. The van der Waals surface area contributed by atoms with E-state index >= 15 is 0 Å². The van der Waals surface area contributed by atoms with Crippen LogP contribution in [-0.2, 0) is 21.3 Å². The van der Waals surface area contributed by atoms with Gasteiger partial charge in [0.25, 0.3) is 0 Å². The third-order valence-electron chi connectivity index (χ3n) is 3.88. The average molecular weight is 316 g/mol. The second-order valence-electron chi connectivity index (χ2n) is 5.46. The first-order chi connectivity index (χ1) is 10.0. The highest BCUT2D eigenvalue weighted by atomic mass is 32.2. The largest absolute Gasteiger partial charge is 0.384 e. The molecule has 1 aromatic rings. The van der Waals surface area contributed by atoms with Crippen molar-refractivity contribution >= 4 is 10.0 Å². The zero-order valence-corrected chi connectivity index (χ0v) is 13.7. The Kier molecular flexibility index (Phi) is 5.37. The first-order valence-electron chi connectivity index (χ1n) is 7.18. The molecule has 2 N–H and O–H groups in total. The van der Waals surface area contributed by atoms with Crippen LogP contribution in [0.2, 0.25) is 0 Å². The van der Waals surface area contributed by atoms with Crippen molar-refractivity contribution < 1.29 is 13.2 Å². The fraction of sp³-hybridized carbons (Fsp3) is 0.769. The summed E-state index contributed by atoms with van der Waals surface area (Å²) in [6, 6.07) is 0. The second-order valence-corrected chi connectivity index (χ2v) is 7.33. The van der Waals surface area contributed by atoms with Crippen LogP contribution >= 0.6 is 0 Å². The summed E-state index contributed by atoms with van der Waals surface area (Å²) in [4.78, 5) is 0.321. The predicted molar refractivity (Wildman–Crippen MR) is 79.4 cm³/mol. The maximum Gasteiger partial charge on any atom is 0.246 e. The molecule has 1 aliphatic rings. The van der Waals surface area contributed by atoms with E-state index in [9.17, 15) is 8.42 Å². The van der Waals surface area contributed by atoms with Gasteiger partial charge in [-0.1, -0.05) is 0 Å². The Morgan fingerprint density at radius 3 is 2.67 bits per heavy atom. The number of methoxy groups -OCH3 is 1. The number of aromatic nitrogens is 2. The van der Waals surface area contributed by atoms with Crippen molar-refractivity contribution in [2.45, 2.75) is 31.2 Å². The first kappa shape index (κ1) is 16.4. The summed E-state index contributed by atoms with van der Waals surface area (Å²) in [7, 11) is -0.0249. The SMILES string of the molecule is CNCc1n[nH]c(C)c1S(=O)(=O)N1CCC(COC)CC1. The molecule has 2 heterocycles. The summed E-state index contributed by atoms with van der Waals surface area (Å²) >= 11 is 0. The van der Waals surface area contributed by atoms with Crippen LogP contribution < -0.4 is 5.32 Å². The van der Waals surface area contributed by atoms with Crippen LogP contribution in [0.25, 0.3) is 0 Å². The molecule has 2 rings (SSSR count). The molecule has 0 amide bonds. The molecule has 1 aromatic heterocycles. The minimum Gasteiger partial charge on any atom is -0.384 e. The maximum absolute atomic E-state index is 12.8. The van der Waals surface area contributed by atoms with E-state index in [-0.39, 0.29) is 0 Å². The van der Waals surface area contributed by atoms with Gasteiger partial charge in [0, 0.05) is 33.4 Å². The number of sulfonamides is 1. The van der Waals surface area contributed by atoms with E-state index in [1.807, 2.05) is 0 Å². The van der Waals surface area contributed by atoms with Crippen molar-refractivity contribution in [2.75, 3.05) is 33.9 Å². The van der Waals surface area contributed by atoms with Gasteiger partial charge in [-0.2, -0.15) is 9.40 Å². The molecule has 0 saturated carbocycles. The summed E-state index contributed by atoms with van der Waals surface area (Å²) in [6.45, 7) is 3.96. The van der Waals surface area contributed by atoms with E-state index in [0.717, 1.165) is 12.8 Å². The third-order valence-corrected chi connectivity index (χ3v) is 5.98. The number of aromatic amines is 1. The topological polar surface area (TPSA) is 87.3 Å². The minimum atomic E-state index is -3.48. The van der Waals surface area contributed by atoms with Gasteiger partial charge in [0.05, 0.1) is 11.4 Å². The van der Waals surface area contributed by atoms with Gasteiger partial charge in [-0.25, -0.2) is 8.42 Å². The zero-order valence-electron chi connectivity index (χ0n) is 12.8. The molecule has 120 valence electrons. The highest BCUT2D eigenvalue weighted by Gasteiger charge is 2.33. The van der Waals surface area contributed by atoms with Crippen LogP contribution in [0.3, 0.4) is 0 Å². The van der Waals surface area contributed by atoms with Gasteiger partial charge in [-0.05, 0) is 32.7 Å². The molecule has 0 bridgehead atoms. The smallest absolute Gasteiger partial charge is 0.246 e. The highest BCUT2D eigenvalue weighted by Crippen LogP contribution is 2.27. The standard InChI is InChI=1S/C13H24N4O3S/c1-10-13(12(8-14-2)16-15-10)21(18,19)17-6-4-11(5-7-17)9-20-3/h11,14H,4-9H2,1-3H3,(H,15,16). The van der Waals surface area contributed by atoms with Crippen LogP contribution in [0.15, 0.2) is 4.90 Å². The number of hydrogen-bond acceptors (Lipinski definition) is 5. The summed E-state index contributed by atoms with van der Waals surface area (Å²) in [5.41, 5.74) is 1.15. The Hall–Kier alpha value is -0.960. The molecule has 1 saturated heterocycles. The molecular weight excluding hydrogens is 292 g/mol. The highest BCUT2D eigenvalue weighted by molar-refractivity contribution is 7.89. The van der Waals surface area contributed by atoms with Gasteiger partial charge in [-0.15, -0.1) is 0 Å². The van der Waals surface area contributed by atoms with Gasteiger partial charge in [0.2, 0.25) is 10.0 Å².